The van der Waals surface area contributed by atoms with E-state index in [0.29, 0.717) is 65.9 Å². The van der Waals surface area contributed by atoms with Gasteiger partial charge in [0.05, 0.1) is 38.2 Å². The van der Waals surface area contributed by atoms with Crippen LogP contribution in [0, 0.1) is 0 Å². The number of pyridine rings is 1. The van der Waals surface area contributed by atoms with Crippen molar-refractivity contribution < 1.29 is 14.3 Å². The molecule has 10 heteroatoms. The second kappa shape index (κ2) is 10.3. The topological polar surface area (TPSA) is 102 Å². The summed E-state index contributed by atoms with van der Waals surface area (Å²) in [6.07, 6.45) is 1.58. The first-order valence-corrected chi connectivity index (χ1v) is 10.5. The minimum atomic E-state index is -0.272. The third kappa shape index (κ3) is 5.43. The number of morpholine rings is 1. The third-order valence-electron chi connectivity index (χ3n) is 4.82. The highest BCUT2D eigenvalue weighted by Gasteiger charge is 2.17. The number of hydrogen-bond acceptors (Lipinski definition) is 8. The quantitative estimate of drug-likeness (QED) is 0.561. The van der Waals surface area contributed by atoms with Gasteiger partial charge in [-0.05, 0) is 24.3 Å². The number of anilines is 3. The lowest BCUT2D eigenvalue weighted by Gasteiger charge is -2.27. The predicted molar refractivity (Wildman–Crippen MR) is 122 cm³/mol. The van der Waals surface area contributed by atoms with E-state index in [4.69, 9.17) is 21.1 Å². The van der Waals surface area contributed by atoms with Crippen LogP contribution < -0.4 is 20.3 Å². The summed E-state index contributed by atoms with van der Waals surface area (Å²) in [6.45, 7) is 2.82. The summed E-state index contributed by atoms with van der Waals surface area (Å²) in [5.41, 5.74) is 1.72. The standard InChI is InChI=1S/C22H23ClN6O3/c1-31-19-12-15(23)5-6-17(19)27-20-13-16(14-25-21(30)18-4-2-3-7-24-18)26-22(28-20)29-8-10-32-11-9-29/h2-7,12-13H,8-11,14H2,1H3,(H,25,30)(H,26,27,28). The van der Waals surface area contributed by atoms with Gasteiger partial charge in [0.1, 0.15) is 17.3 Å². The minimum Gasteiger partial charge on any atom is -0.495 e. The Kier molecular flexibility index (Phi) is 6.98. The molecule has 0 unspecified atom stereocenters. The van der Waals surface area contributed by atoms with Gasteiger partial charge in [-0.3, -0.25) is 9.78 Å². The molecule has 4 rings (SSSR count). The average Bonchev–Trinajstić information content (AvgIpc) is 2.84. The van der Waals surface area contributed by atoms with Crippen LogP contribution in [0.15, 0.2) is 48.7 Å². The van der Waals surface area contributed by atoms with Gasteiger partial charge in [0, 0.05) is 36.4 Å². The molecule has 1 aliphatic heterocycles. The molecule has 3 heterocycles. The van der Waals surface area contributed by atoms with Crippen LogP contribution in [-0.2, 0) is 11.3 Å². The number of ether oxygens (including phenoxy) is 2. The van der Waals surface area contributed by atoms with Crippen molar-refractivity contribution >= 4 is 35.0 Å². The fraction of sp³-hybridized carbons (Fsp3) is 0.273. The molecule has 0 radical (unpaired) electrons. The van der Waals surface area contributed by atoms with Crippen molar-refractivity contribution in [3.8, 4) is 5.75 Å². The monoisotopic (exact) mass is 454 g/mol. The van der Waals surface area contributed by atoms with Gasteiger partial charge in [0.25, 0.3) is 5.91 Å². The molecule has 1 aromatic carbocycles. The Morgan fingerprint density at radius 2 is 2.03 bits per heavy atom. The second-order valence-electron chi connectivity index (χ2n) is 7.01. The van der Waals surface area contributed by atoms with Crippen LogP contribution in [0.1, 0.15) is 16.2 Å². The van der Waals surface area contributed by atoms with Gasteiger partial charge >= 0.3 is 0 Å². The highest BCUT2D eigenvalue weighted by molar-refractivity contribution is 6.30. The maximum atomic E-state index is 12.4. The molecule has 0 aliphatic carbocycles. The number of amides is 1. The van der Waals surface area contributed by atoms with E-state index >= 15 is 0 Å². The zero-order valence-electron chi connectivity index (χ0n) is 17.5. The van der Waals surface area contributed by atoms with Gasteiger partial charge in [-0.25, -0.2) is 4.98 Å². The van der Waals surface area contributed by atoms with E-state index in [1.807, 2.05) is 6.07 Å². The number of nitrogens with one attached hydrogen (secondary N) is 2. The summed E-state index contributed by atoms with van der Waals surface area (Å²) in [7, 11) is 1.58. The van der Waals surface area contributed by atoms with E-state index in [1.54, 1.807) is 49.7 Å². The molecular formula is C22H23ClN6O3. The molecule has 0 bridgehead atoms. The number of carbonyl (C=O) groups excluding carboxylic acids is 1. The van der Waals surface area contributed by atoms with E-state index in [9.17, 15) is 4.79 Å². The summed E-state index contributed by atoms with van der Waals surface area (Å²) in [5, 5.41) is 6.71. The lowest BCUT2D eigenvalue weighted by molar-refractivity contribution is 0.0945. The van der Waals surface area contributed by atoms with E-state index in [0.717, 1.165) is 0 Å². The van der Waals surface area contributed by atoms with Crippen molar-refractivity contribution in [2.24, 2.45) is 0 Å². The molecule has 166 valence electrons. The zero-order chi connectivity index (χ0) is 22.3. The predicted octanol–water partition coefficient (Wildman–Crippen LogP) is 3.04. The highest BCUT2D eigenvalue weighted by Crippen LogP contribution is 2.30. The minimum absolute atomic E-state index is 0.224. The fourth-order valence-electron chi connectivity index (χ4n) is 3.21. The van der Waals surface area contributed by atoms with Crippen LogP contribution in [0.25, 0.3) is 0 Å². The average molecular weight is 455 g/mol. The van der Waals surface area contributed by atoms with Crippen molar-refractivity contribution in [3.63, 3.8) is 0 Å². The number of halogens is 1. The van der Waals surface area contributed by atoms with Crippen LogP contribution in [0.5, 0.6) is 5.75 Å². The first kappa shape index (κ1) is 21.8. The Bertz CT molecular complexity index is 1080. The number of aromatic nitrogens is 3. The van der Waals surface area contributed by atoms with Crippen molar-refractivity contribution in [2.75, 3.05) is 43.6 Å². The van der Waals surface area contributed by atoms with Crippen LogP contribution in [-0.4, -0.2) is 54.3 Å². The first-order chi connectivity index (χ1) is 15.6. The smallest absolute Gasteiger partial charge is 0.270 e. The van der Waals surface area contributed by atoms with E-state index in [1.165, 1.54) is 0 Å². The Balaban J connectivity index is 1.58. The van der Waals surface area contributed by atoms with Crippen molar-refractivity contribution in [1.29, 1.82) is 0 Å². The summed E-state index contributed by atoms with van der Waals surface area (Å²) in [6, 6.07) is 12.3. The number of rotatable bonds is 7. The lowest BCUT2D eigenvalue weighted by atomic mass is 10.2. The molecule has 9 nitrogen and oxygen atoms in total. The summed E-state index contributed by atoms with van der Waals surface area (Å²) >= 11 is 6.07. The molecule has 0 saturated carbocycles. The molecule has 0 atom stereocenters. The fourth-order valence-corrected chi connectivity index (χ4v) is 3.37. The number of nitrogens with zero attached hydrogens (tertiary/aromatic N) is 4. The molecule has 3 aromatic rings. The van der Waals surface area contributed by atoms with E-state index in [-0.39, 0.29) is 12.5 Å². The molecule has 2 N–H and O–H groups in total. The number of methoxy groups -OCH3 is 1. The Morgan fingerprint density at radius 3 is 2.78 bits per heavy atom. The Hall–Kier alpha value is -3.43. The molecule has 1 fully saturated rings. The van der Waals surface area contributed by atoms with E-state index in [2.05, 4.69) is 30.5 Å². The SMILES string of the molecule is COc1cc(Cl)ccc1Nc1cc(CNC(=O)c2ccccn2)nc(N2CCOCC2)n1. The largest absolute Gasteiger partial charge is 0.495 e. The van der Waals surface area contributed by atoms with Gasteiger partial charge in [-0.2, -0.15) is 4.98 Å². The summed E-state index contributed by atoms with van der Waals surface area (Å²) < 4.78 is 10.9. The maximum absolute atomic E-state index is 12.4. The zero-order valence-corrected chi connectivity index (χ0v) is 18.3. The molecule has 0 spiro atoms. The van der Waals surface area contributed by atoms with Crippen LogP contribution in [0.2, 0.25) is 5.02 Å². The number of benzene rings is 1. The molecular weight excluding hydrogens is 432 g/mol. The van der Waals surface area contributed by atoms with Gasteiger partial charge in [0.15, 0.2) is 0 Å². The summed E-state index contributed by atoms with van der Waals surface area (Å²) in [5.74, 6) is 1.46. The molecule has 2 aromatic heterocycles. The molecule has 1 aliphatic rings. The highest BCUT2D eigenvalue weighted by atomic mass is 35.5. The van der Waals surface area contributed by atoms with Crippen molar-refractivity contribution in [2.45, 2.75) is 6.54 Å². The lowest BCUT2D eigenvalue weighted by Crippen LogP contribution is -2.37. The van der Waals surface area contributed by atoms with Gasteiger partial charge in [-0.15, -0.1) is 0 Å². The van der Waals surface area contributed by atoms with Crippen molar-refractivity contribution in [3.05, 3.63) is 65.1 Å². The van der Waals surface area contributed by atoms with Crippen LogP contribution >= 0.6 is 11.6 Å². The van der Waals surface area contributed by atoms with Crippen molar-refractivity contribution in [1.82, 2.24) is 20.3 Å². The molecule has 1 amide bonds. The first-order valence-electron chi connectivity index (χ1n) is 10.1. The molecule has 32 heavy (non-hydrogen) atoms. The van der Waals surface area contributed by atoms with Gasteiger partial charge in [0.2, 0.25) is 5.95 Å². The Labute approximate surface area is 190 Å². The summed E-state index contributed by atoms with van der Waals surface area (Å²) in [4.78, 5) is 27.9. The number of hydrogen-bond donors (Lipinski definition) is 2. The van der Waals surface area contributed by atoms with E-state index < -0.39 is 0 Å². The van der Waals surface area contributed by atoms with Gasteiger partial charge in [-0.1, -0.05) is 17.7 Å². The Morgan fingerprint density at radius 1 is 1.19 bits per heavy atom. The maximum Gasteiger partial charge on any atom is 0.270 e. The second-order valence-corrected chi connectivity index (χ2v) is 7.45. The third-order valence-corrected chi connectivity index (χ3v) is 5.05. The normalized spacial score (nSPS) is 13.5. The van der Waals surface area contributed by atoms with Gasteiger partial charge < -0.3 is 25.0 Å². The van der Waals surface area contributed by atoms with Crippen LogP contribution in [0.3, 0.4) is 0 Å². The molecule has 1 saturated heterocycles. The van der Waals surface area contributed by atoms with Crippen LogP contribution in [0.4, 0.5) is 17.5 Å². The number of carbonyl (C=O) groups is 1.